The number of rotatable bonds is 6. The van der Waals surface area contributed by atoms with Crippen molar-refractivity contribution < 1.29 is 33.6 Å². The smallest absolute Gasteiger partial charge is 0.304 e. The van der Waals surface area contributed by atoms with Gasteiger partial charge in [0.25, 0.3) is 0 Å². The van der Waals surface area contributed by atoms with Gasteiger partial charge >= 0.3 is 5.92 Å². The van der Waals surface area contributed by atoms with Gasteiger partial charge in [-0.2, -0.15) is 0 Å². The van der Waals surface area contributed by atoms with Crippen molar-refractivity contribution in [3.8, 4) is 0 Å². The summed E-state index contributed by atoms with van der Waals surface area (Å²) in [5, 5.41) is 29.8. The molecule has 0 saturated heterocycles. The lowest BCUT2D eigenvalue weighted by molar-refractivity contribution is -0.307. The number of hydrogen-bond donors (Lipinski definition) is 3. The van der Waals surface area contributed by atoms with E-state index in [1.807, 2.05) is 0 Å². The predicted octanol–water partition coefficient (Wildman–Crippen LogP) is 1.89. The number of benzene rings is 2. The molecule has 3 rings (SSSR count). The molecule has 0 heterocycles. The summed E-state index contributed by atoms with van der Waals surface area (Å²) >= 11 is 0. The molecule has 1 saturated carbocycles. The molecule has 146 valence electrons. The van der Waals surface area contributed by atoms with Gasteiger partial charge in [0.1, 0.15) is 24.4 Å². The van der Waals surface area contributed by atoms with Crippen LogP contribution in [0.5, 0.6) is 0 Å². The van der Waals surface area contributed by atoms with Gasteiger partial charge in [0.15, 0.2) is 6.10 Å². The van der Waals surface area contributed by atoms with E-state index >= 15 is 0 Å². The van der Waals surface area contributed by atoms with E-state index in [0.29, 0.717) is 5.56 Å². The highest BCUT2D eigenvalue weighted by atomic mass is 19.3. The average molecular weight is 380 g/mol. The highest BCUT2D eigenvalue weighted by molar-refractivity contribution is 5.15. The Morgan fingerprint density at radius 3 is 1.74 bits per heavy atom. The maximum Gasteiger partial charge on any atom is 0.304 e. The molecule has 3 N–H and O–H groups in total. The monoisotopic (exact) mass is 380 g/mol. The van der Waals surface area contributed by atoms with Crippen molar-refractivity contribution in [3.63, 3.8) is 0 Å². The number of ether oxygens (including phenoxy) is 2. The number of halogens is 2. The first-order valence-electron chi connectivity index (χ1n) is 8.64. The molecule has 1 aliphatic carbocycles. The SMILES string of the molecule is O[C@@H]1[C@H](O)[C@H](OCc2ccccc2)[C@@H](OCc2ccccc2)C(F)(F)[C@H]1O. The summed E-state index contributed by atoms with van der Waals surface area (Å²) < 4.78 is 40.2. The van der Waals surface area contributed by atoms with Crippen LogP contribution in [0, 0.1) is 0 Å². The first-order valence-corrected chi connectivity index (χ1v) is 8.64. The minimum absolute atomic E-state index is 0.0489. The Labute approximate surface area is 155 Å². The molecular formula is C20H22F2O5. The van der Waals surface area contributed by atoms with E-state index in [-0.39, 0.29) is 13.2 Å². The van der Waals surface area contributed by atoms with Gasteiger partial charge in [0, 0.05) is 0 Å². The van der Waals surface area contributed by atoms with Crippen LogP contribution < -0.4 is 0 Å². The molecule has 0 radical (unpaired) electrons. The Balaban J connectivity index is 1.78. The van der Waals surface area contributed by atoms with Gasteiger partial charge in [-0.1, -0.05) is 60.7 Å². The molecule has 2 aromatic rings. The van der Waals surface area contributed by atoms with Crippen molar-refractivity contribution in [2.75, 3.05) is 0 Å². The Morgan fingerprint density at radius 2 is 1.22 bits per heavy atom. The summed E-state index contributed by atoms with van der Waals surface area (Å²) in [5.74, 6) is -3.80. The van der Waals surface area contributed by atoms with Crippen LogP contribution in [0.3, 0.4) is 0 Å². The molecule has 5 nitrogen and oxygen atoms in total. The molecule has 2 aromatic carbocycles. The fourth-order valence-electron chi connectivity index (χ4n) is 3.09. The van der Waals surface area contributed by atoms with Crippen molar-refractivity contribution in [3.05, 3.63) is 71.8 Å². The van der Waals surface area contributed by atoms with Gasteiger partial charge in [-0.3, -0.25) is 0 Å². The van der Waals surface area contributed by atoms with E-state index in [0.717, 1.165) is 5.56 Å². The Kier molecular flexibility index (Phi) is 6.18. The first-order chi connectivity index (χ1) is 12.9. The molecule has 0 bridgehead atoms. The molecule has 1 fully saturated rings. The zero-order chi connectivity index (χ0) is 19.4. The zero-order valence-electron chi connectivity index (χ0n) is 14.5. The lowest BCUT2D eigenvalue weighted by atomic mass is 9.83. The molecule has 27 heavy (non-hydrogen) atoms. The Bertz CT molecular complexity index is 713. The fourth-order valence-corrected chi connectivity index (χ4v) is 3.09. The third-order valence-corrected chi connectivity index (χ3v) is 4.64. The van der Waals surface area contributed by atoms with Crippen LogP contribution in [-0.4, -0.2) is 51.8 Å². The van der Waals surface area contributed by atoms with Gasteiger partial charge in [0.2, 0.25) is 0 Å². The predicted molar refractivity (Wildman–Crippen MR) is 93.0 cm³/mol. The van der Waals surface area contributed by atoms with E-state index in [4.69, 9.17) is 9.47 Å². The minimum atomic E-state index is -3.80. The topological polar surface area (TPSA) is 79.2 Å². The summed E-state index contributed by atoms with van der Waals surface area (Å²) in [6.07, 6.45) is -9.65. The second-order valence-corrected chi connectivity index (χ2v) is 6.58. The number of aliphatic hydroxyl groups is 3. The molecule has 0 amide bonds. The quantitative estimate of drug-likeness (QED) is 0.713. The van der Waals surface area contributed by atoms with E-state index in [2.05, 4.69) is 0 Å². The molecule has 0 spiro atoms. The Hall–Kier alpha value is -1.90. The second-order valence-electron chi connectivity index (χ2n) is 6.58. The number of aliphatic hydroxyl groups excluding tert-OH is 3. The highest BCUT2D eigenvalue weighted by Crippen LogP contribution is 2.38. The van der Waals surface area contributed by atoms with Gasteiger partial charge < -0.3 is 24.8 Å². The van der Waals surface area contributed by atoms with Crippen molar-refractivity contribution in [1.29, 1.82) is 0 Å². The van der Waals surface area contributed by atoms with Crippen molar-refractivity contribution in [2.24, 2.45) is 0 Å². The molecule has 0 unspecified atom stereocenters. The second kappa shape index (κ2) is 8.41. The molecule has 0 aromatic heterocycles. The largest absolute Gasteiger partial charge is 0.387 e. The van der Waals surface area contributed by atoms with Crippen LogP contribution in [0.25, 0.3) is 0 Å². The number of alkyl halides is 2. The lowest BCUT2D eigenvalue weighted by Gasteiger charge is -2.45. The normalized spacial score (nSPS) is 30.2. The number of hydrogen-bond acceptors (Lipinski definition) is 5. The summed E-state index contributed by atoms with van der Waals surface area (Å²) in [5.41, 5.74) is 1.38. The maximum absolute atomic E-state index is 14.6. The summed E-state index contributed by atoms with van der Waals surface area (Å²) in [7, 11) is 0. The standard InChI is InChI=1S/C20H22F2O5/c21-20(22)18(25)16(24)15(23)17(26-11-13-7-3-1-4-8-13)19(20)27-12-14-9-5-2-6-10-14/h1-10,15-19,23-25H,11-12H2/t15-,16+,17-,18-,19+/m0/s1. The van der Waals surface area contributed by atoms with Gasteiger partial charge in [-0.15, -0.1) is 0 Å². The molecule has 1 aliphatic rings. The van der Waals surface area contributed by atoms with Crippen LogP contribution in [0.1, 0.15) is 11.1 Å². The highest BCUT2D eigenvalue weighted by Gasteiger charge is 2.62. The van der Waals surface area contributed by atoms with Gasteiger partial charge in [-0.25, -0.2) is 8.78 Å². The van der Waals surface area contributed by atoms with Gasteiger partial charge in [-0.05, 0) is 11.1 Å². The maximum atomic E-state index is 14.6. The minimum Gasteiger partial charge on any atom is -0.387 e. The molecule has 5 atom stereocenters. The van der Waals surface area contributed by atoms with Gasteiger partial charge in [0.05, 0.1) is 13.2 Å². The third-order valence-electron chi connectivity index (χ3n) is 4.64. The third kappa shape index (κ3) is 4.34. The summed E-state index contributed by atoms with van der Waals surface area (Å²) in [4.78, 5) is 0. The van der Waals surface area contributed by atoms with E-state index < -0.39 is 36.4 Å². The molecule has 7 heteroatoms. The summed E-state index contributed by atoms with van der Waals surface area (Å²) in [6.45, 7) is -0.200. The van der Waals surface area contributed by atoms with Crippen molar-refractivity contribution in [2.45, 2.75) is 49.7 Å². The van der Waals surface area contributed by atoms with Crippen LogP contribution in [0.15, 0.2) is 60.7 Å². The van der Waals surface area contributed by atoms with Crippen LogP contribution in [0.4, 0.5) is 8.78 Å². The summed E-state index contributed by atoms with van der Waals surface area (Å²) in [6, 6.07) is 17.5. The van der Waals surface area contributed by atoms with E-state index in [9.17, 15) is 24.1 Å². The van der Waals surface area contributed by atoms with Crippen LogP contribution in [-0.2, 0) is 22.7 Å². The van der Waals surface area contributed by atoms with E-state index in [1.165, 1.54) is 0 Å². The fraction of sp³-hybridized carbons (Fsp3) is 0.400. The zero-order valence-corrected chi connectivity index (χ0v) is 14.5. The first kappa shape index (κ1) is 19.9. The molecular weight excluding hydrogens is 358 g/mol. The van der Waals surface area contributed by atoms with E-state index in [1.54, 1.807) is 60.7 Å². The lowest BCUT2D eigenvalue weighted by Crippen LogP contribution is -2.68. The van der Waals surface area contributed by atoms with Crippen LogP contribution in [0.2, 0.25) is 0 Å². The Morgan fingerprint density at radius 1 is 0.741 bits per heavy atom. The van der Waals surface area contributed by atoms with Crippen molar-refractivity contribution >= 4 is 0 Å². The van der Waals surface area contributed by atoms with Crippen LogP contribution >= 0.6 is 0 Å². The molecule has 0 aliphatic heterocycles. The average Bonchev–Trinajstić information content (AvgIpc) is 2.69. The van der Waals surface area contributed by atoms with Crippen molar-refractivity contribution in [1.82, 2.24) is 0 Å².